The van der Waals surface area contributed by atoms with Crippen molar-refractivity contribution in [3.05, 3.63) is 5.28 Å². The lowest BCUT2D eigenvalue weighted by atomic mass is 9.78. The van der Waals surface area contributed by atoms with Gasteiger partial charge in [-0.05, 0) is 36.8 Å². The molecule has 5 nitrogen and oxygen atoms in total. The highest BCUT2D eigenvalue weighted by Gasteiger charge is 2.29. The number of nitrogens with zero attached hydrogens (tertiary/aromatic N) is 4. The van der Waals surface area contributed by atoms with Crippen molar-refractivity contribution in [2.75, 3.05) is 29.9 Å². The van der Waals surface area contributed by atoms with Crippen molar-refractivity contribution in [1.29, 1.82) is 0 Å². The van der Waals surface area contributed by atoms with Crippen LogP contribution in [-0.4, -0.2) is 34.6 Å². The summed E-state index contributed by atoms with van der Waals surface area (Å²) >= 11 is 5.96. The monoisotopic (exact) mass is 283 g/mol. The fourth-order valence-electron chi connectivity index (χ4n) is 2.32. The average molecular weight is 284 g/mol. The fourth-order valence-corrected chi connectivity index (χ4v) is 2.47. The standard InChI is InChI=1S/C13H22ClN5/c1-4-13(3)6-8-19(9-7-13)12-17-10(14)16-11(18-12)15-5-2/h4-9H2,1-3H3,(H,15,16,17,18). The SMILES string of the molecule is CCNc1nc(Cl)nc(N2CCC(C)(CC)CC2)n1. The lowest BCUT2D eigenvalue weighted by Gasteiger charge is -2.38. The Morgan fingerprint density at radius 2 is 1.89 bits per heavy atom. The Hall–Kier alpha value is -1.10. The first-order chi connectivity index (χ1) is 9.06. The summed E-state index contributed by atoms with van der Waals surface area (Å²) < 4.78 is 0. The van der Waals surface area contributed by atoms with E-state index in [9.17, 15) is 0 Å². The summed E-state index contributed by atoms with van der Waals surface area (Å²) in [6, 6.07) is 0. The van der Waals surface area contributed by atoms with Gasteiger partial charge in [0, 0.05) is 19.6 Å². The average Bonchev–Trinajstić information content (AvgIpc) is 2.39. The van der Waals surface area contributed by atoms with Crippen molar-refractivity contribution in [3.8, 4) is 0 Å². The molecule has 6 heteroatoms. The second-order valence-electron chi connectivity index (χ2n) is 5.41. The molecule has 0 aromatic carbocycles. The van der Waals surface area contributed by atoms with Gasteiger partial charge in [-0.25, -0.2) is 0 Å². The quantitative estimate of drug-likeness (QED) is 0.921. The van der Waals surface area contributed by atoms with Gasteiger partial charge in [0.15, 0.2) is 0 Å². The van der Waals surface area contributed by atoms with E-state index in [4.69, 9.17) is 11.6 Å². The molecule has 1 aromatic rings. The summed E-state index contributed by atoms with van der Waals surface area (Å²) in [6.07, 6.45) is 3.56. The molecule has 19 heavy (non-hydrogen) atoms. The van der Waals surface area contributed by atoms with Crippen LogP contribution >= 0.6 is 11.6 Å². The van der Waals surface area contributed by atoms with Crippen LogP contribution in [0.25, 0.3) is 0 Å². The molecule has 0 radical (unpaired) electrons. The highest BCUT2D eigenvalue weighted by atomic mass is 35.5. The third kappa shape index (κ3) is 3.47. The first kappa shape index (κ1) is 14.3. The molecule has 1 fully saturated rings. The van der Waals surface area contributed by atoms with Gasteiger partial charge in [0.2, 0.25) is 17.2 Å². The molecule has 0 bridgehead atoms. The molecule has 0 amide bonds. The summed E-state index contributed by atoms with van der Waals surface area (Å²) in [5.74, 6) is 1.25. The summed E-state index contributed by atoms with van der Waals surface area (Å²) in [4.78, 5) is 14.9. The smallest absolute Gasteiger partial charge is 0.231 e. The van der Waals surface area contributed by atoms with Gasteiger partial charge >= 0.3 is 0 Å². The van der Waals surface area contributed by atoms with E-state index in [-0.39, 0.29) is 5.28 Å². The minimum atomic E-state index is 0.254. The molecular formula is C13H22ClN5. The second-order valence-corrected chi connectivity index (χ2v) is 5.75. The molecule has 1 aromatic heterocycles. The topological polar surface area (TPSA) is 53.9 Å². The largest absolute Gasteiger partial charge is 0.354 e. The molecule has 0 atom stereocenters. The number of anilines is 2. The molecule has 106 valence electrons. The second kappa shape index (κ2) is 5.90. The molecule has 1 saturated heterocycles. The molecule has 0 spiro atoms. The number of hydrogen-bond acceptors (Lipinski definition) is 5. The number of piperidine rings is 1. The number of halogens is 1. The normalized spacial score (nSPS) is 18.4. The number of nitrogens with one attached hydrogen (secondary N) is 1. The summed E-state index contributed by atoms with van der Waals surface area (Å²) in [5.41, 5.74) is 0.456. The van der Waals surface area contributed by atoms with Gasteiger partial charge in [-0.1, -0.05) is 20.3 Å². The van der Waals surface area contributed by atoms with Gasteiger partial charge < -0.3 is 10.2 Å². The van der Waals surface area contributed by atoms with Crippen molar-refractivity contribution in [2.45, 2.75) is 40.0 Å². The predicted octanol–water partition coefficient (Wildman–Crippen LogP) is 2.97. The van der Waals surface area contributed by atoms with Gasteiger partial charge in [-0.2, -0.15) is 15.0 Å². The maximum absolute atomic E-state index is 5.96. The molecule has 1 aliphatic heterocycles. The third-order valence-corrected chi connectivity index (χ3v) is 4.21. The van der Waals surface area contributed by atoms with Crippen LogP contribution in [0.15, 0.2) is 0 Å². The first-order valence-electron chi connectivity index (χ1n) is 6.97. The van der Waals surface area contributed by atoms with E-state index in [1.165, 1.54) is 19.3 Å². The van der Waals surface area contributed by atoms with Crippen molar-refractivity contribution in [3.63, 3.8) is 0 Å². The summed E-state index contributed by atoms with van der Waals surface area (Å²) in [7, 11) is 0. The predicted molar refractivity (Wildman–Crippen MR) is 78.8 cm³/mol. The van der Waals surface area contributed by atoms with Crippen LogP contribution in [-0.2, 0) is 0 Å². The fraction of sp³-hybridized carbons (Fsp3) is 0.769. The number of hydrogen-bond donors (Lipinski definition) is 1. The third-order valence-electron chi connectivity index (χ3n) is 4.04. The minimum Gasteiger partial charge on any atom is -0.354 e. The van der Waals surface area contributed by atoms with E-state index in [1.54, 1.807) is 0 Å². The van der Waals surface area contributed by atoms with E-state index in [0.717, 1.165) is 19.6 Å². The van der Waals surface area contributed by atoms with Crippen LogP contribution < -0.4 is 10.2 Å². The molecule has 0 saturated carbocycles. The lowest BCUT2D eigenvalue weighted by Crippen LogP contribution is -2.39. The molecular weight excluding hydrogens is 262 g/mol. The van der Waals surface area contributed by atoms with Crippen LogP contribution in [0.1, 0.15) is 40.0 Å². The van der Waals surface area contributed by atoms with Crippen molar-refractivity contribution in [1.82, 2.24) is 15.0 Å². The Morgan fingerprint density at radius 1 is 1.21 bits per heavy atom. The Morgan fingerprint density at radius 3 is 2.47 bits per heavy atom. The maximum Gasteiger partial charge on any atom is 0.231 e. The highest BCUT2D eigenvalue weighted by Crippen LogP contribution is 2.35. The van der Waals surface area contributed by atoms with E-state index in [0.29, 0.717) is 17.3 Å². The molecule has 2 rings (SSSR count). The van der Waals surface area contributed by atoms with Crippen LogP contribution in [0, 0.1) is 5.41 Å². The minimum absolute atomic E-state index is 0.254. The Labute approximate surface area is 119 Å². The van der Waals surface area contributed by atoms with E-state index in [1.807, 2.05) is 6.92 Å². The van der Waals surface area contributed by atoms with Crippen LogP contribution in [0.2, 0.25) is 5.28 Å². The van der Waals surface area contributed by atoms with E-state index < -0.39 is 0 Å². The molecule has 0 aliphatic carbocycles. The highest BCUT2D eigenvalue weighted by molar-refractivity contribution is 6.28. The lowest BCUT2D eigenvalue weighted by molar-refractivity contribution is 0.237. The van der Waals surface area contributed by atoms with Gasteiger partial charge in [0.05, 0.1) is 0 Å². The van der Waals surface area contributed by atoms with E-state index >= 15 is 0 Å². The van der Waals surface area contributed by atoms with Gasteiger partial charge in [0.25, 0.3) is 0 Å². The maximum atomic E-state index is 5.96. The summed E-state index contributed by atoms with van der Waals surface area (Å²) in [5, 5.41) is 3.34. The van der Waals surface area contributed by atoms with Crippen molar-refractivity contribution < 1.29 is 0 Å². The first-order valence-corrected chi connectivity index (χ1v) is 7.34. The summed E-state index contributed by atoms with van der Waals surface area (Å²) in [6.45, 7) is 9.36. The zero-order valence-electron chi connectivity index (χ0n) is 11.9. The Bertz CT molecular complexity index is 429. The Balaban J connectivity index is 2.10. The number of aromatic nitrogens is 3. The molecule has 1 aliphatic rings. The van der Waals surface area contributed by atoms with Gasteiger partial charge in [-0.3, -0.25) is 0 Å². The zero-order valence-corrected chi connectivity index (χ0v) is 12.7. The van der Waals surface area contributed by atoms with Gasteiger partial charge in [0.1, 0.15) is 0 Å². The van der Waals surface area contributed by atoms with Crippen LogP contribution in [0.5, 0.6) is 0 Å². The number of rotatable bonds is 4. The van der Waals surface area contributed by atoms with Crippen molar-refractivity contribution >= 4 is 23.5 Å². The molecule has 0 unspecified atom stereocenters. The van der Waals surface area contributed by atoms with Crippen molar-refractivity contribution in [2.24, 2.45) is 5.41 Å². The van der Waals surface area contributed by atoms with Crippen LogP contribution in [0.4, 0.5) is 11.9 Å². The van der Waals surface area contributed by atoms with Gasteiger partial charge in [-0.15, -0.1) is 0 Å². The Kier molecular flexibility index (Phi) is 4.45. The molecule has 1 N–H and O–H groups in total. The van der Waals surface area contributed by atoms with E-state index in [2.05, 4.69) is 39.0 Å². The zero-order chi connectivity index (χ0) is 13.9. The van der Waals surface area contributed by atoms with Crippen LogP contribution in [0.3, 0.4) is 0 Å². The molecule has 2 heterocycles.